The molecule has 4 nitrogen and oxygen atoms in total. The summed E-state index contributed by atoms with van der Waals surface area (Å²) in [6.45, 7) is 0.456. The standard InChI is InChI=1S/C21H16BrCl2NO3/c22-16-7-6-15(12-25-21(26)27-13-14-4-2-1-3-5-14)20(10-16)28-17-8-9-18(23)19(24)11-17/h1-11H,12-13H2,(H,25,26). The molecule has 0 aliphatic heterocycles. The summed E-state index contributed by atoms with van der Waals surface area (Å²) in [5.74, 6) is 1.12. The second kappa shape index (κ2) is 9.82. The zero-order valence-electron chi connectivity index (χ0n) is 14.6. The fraction of sp³-hybridized carbons (Fsp3) is 0.0952. The Labute approximate surface area is 181 Å². The molecule has 144 valence electrons. The van der Waals surface area contributed by atoms with Crippen molar-refractivity contribution in [2.75, 3.05) is 0 Å². The van der Waals surface area contributed by atoms with Crippen LogP contribution in [0.5, 0.6) is 11.5 Å². The number of hydrogen-bond donors (Lipinski definition) is 1. The van der Waals surface area contributed by atoms with Crippen molar-refractivity contribution in [2.24, 2.45) is 0 Å². The fourth-order valence-electron chi connectivity index (χ4n) is 2.38. The van der Waals surface area contributed by atoms with Gasteiger partial charge in [0.2, 0.25) is 0 Å². The Balaban J connectivity index is 1.63. The first-order valence-electron chi connectivity index (χ1n) is 8.37. The molecule has 0 spiro atoms. The van der Waals surface area contributed by atoms with Crippen molar-refractivity contribution in [1.82, 2.24) is 5.32 Å². The number of carbonyl (C=O) groups is 1. The molecule has 0 bridgehead atoms. The molecule has 3 aromatic rings. The minimum absolute atomic E-state index is 0.208. The molecule has 1 N–H and O–H groups in total. The van der Waals surface area contributed by atoms with Gasteiger partial charge in [-0.15, -0.1) is 0 Å². The van der Waals surface area contributed by atoms with Crippen LogP contribution in [-0.2, 0) is 17.9 Å². The average Bonchev–Trinajstić information content (AvgIpc) is 2.69. The molecule has 1 amide bonds. The third kappa shape index (κ3) is 5.89. The molecule has 0 aliphatic rings. The maximum absolute atomic E-state index is 12.0. The summed E-state index contributed by atoms with van der Waals surface area (Å²) in [5.41, 5.74) is 1.70. The van der Waals surface area contributed by atoms with Gasteiger partial charge < -0.3 is 14.8 Å². The maximum Gasteiger partial charge on any atom is 0.407 e. The Morgan fingerprint density at radius 2 is 1.75 bits per heavy atom. The van der Waals surface area contributed by atoms with E-state index < -0.39 is 6.09 Å². The van der Waals surface area contributed by atoms with Crippen molar-refractivity contribution < 1.29 is 14.3 Å². The monoisotopic (exact) mass is 479 g/mol. The summed E-state index contributed by atoms with van der Waals surface area (Å²) in [6.07, 6.45) is -0.507. The predicted octanol–water partition coefficient (Wildman–Crippen LogP) is 6.97. The number of benzene rings is 3. The van der Waals surface area contributed by atoms with Crippen molar-refractivity contribution in [3.63, 3.8) is 0 Å². The van der Waals surface area contributed by atoms with Gasteiger partial charge in [0.1, 0.15) is 18.1 Å². The van der Waals surface area contributed by atoms with Gasteiger partial charge in [0, 0.05) is 22.6 Å². The molecule has 0 aliphatic carbocycles. The Kier molecular flexibility index (Phi) is 7.20. The van der Waals surface area contributed by atoms with E-state index in [0.29, 0.717) is 21.5 Å². The molecule has 0 saturated heterocycles. The average molecular weight is 481 g/mol. The van der Waals surface area contributed by atoms with Crippen LogP contribution in [0.2, 0.25) is 10.0 Å². The van der Waals surface area contributed by atoms with E-state index in [1.165, 1.54) is 0 Å². The van der Waals surface area contributed by atoms with Gasteiger partial charge in [0.05, 0.1) is 10.0 Å². The second-order valence-corrected chi connectivity index (χ2v) is 7.58. The highest BCUT2D eigenvalue weighted by Crippen LogP contribution is 2.32. The lowest BCUT2D eigenvalue weighted by Gasteiger charge is -2.13. The van der Waals surface area contributed by atoms with Crippen LogP contribution in [0.15, 0.2) is 71.2 Å². The highest BCUT2D eigenvalue weighted by atomic mass is 79.9. The zero-order chi connectivity index (χ0) is 19.9. The van der Waals surface area contributed by atoms with Crippen molar-refractivity contribution >= 4 is 45.2 Å². The van der Waals surface area contributed by atoms with E-state index in [1.54, 1.807) is 18.2 Å². The SMILES string of the molecule is O=C(NCc1ccc(Br)cc1Oc1ccc(Cl)c(Cl)c1)OCc1ccccc1. The smallest absolute Gasteiger partial charge is 0.407 e. The number of hydrogen-bond acceptors (Lipinski definition) is 3. The molecule has 3 rings (SSSR count). The Morgan fingerprint density at radius 3 is 2.50 bits per heavy atom. The third-order valence-corrected chi connectivity index (χ3v) is 5.02. The largest absolute Gasteiger partial charge is 0.457 e. The summed E-state index contributed by atoms with van der Waals surface area (Å²) >= 11 is 15.4. The molecule has 0 atom stereocenters. The van der Waals surface area contributed by atoms with Crippen LogP contribution < -0.4 is 10.1 Å². The Morgan fingerprint density at radius 1 is 0.964 bits per heavy atom. The number of halogens is 3. The molecule has 28 heavy (non-hydrogen) atoms. The van der Waals surface area contributed by atoms with E-state index in [0.717, 1.165) is 15.6 Å². The molecule has 0 fully saturated rings. The van der Waals surface area contributed by atoms with E-state index in [9.17, 15) is 4.79 Å². The van der Waals surface area contributed by atoms with Gasteiger partial charge in [-0.2, -0.15) is 0 Å². The van der Waals surface area contributed by atoms with E-state index in [1.807, 2.05) is 48.5 Å². The molecule has 3 aromatic carbocycles. The molecular weight excluding hydrogens is 465 g/mol. The van der Waals surface area contributed by atoms with E-state index in [4.69, 9.17) is 32.7 Å². The number of rotatable bonds is 6. The second-order valence-electron chi connectivity index (χ2n) is 5.85. The summed E-state index contributed by atoms with van der Waals surface area (Å²) in [5, 5.41) is 3.58. The summed E-state index contributed by atoms with van der Waals surface area (Å²) < 4.78 is 12.0. The summed E-state index contributed by atoms with van der Waals surface area (Å²) in [7, 11) is 0. The van der Waals surface area contributed by atoms with Gasteiger partial charge in [-0.25, -0.2) is 4.79 Å². The highest BCUT2D eigenvalue weighted by Gasteiger charge is 2.10. The van der Waals surface area contributed by atoms with Crippen molar-refractivity contribution in [3.05, 3.63) is 92.4 Å². The third-order valence-electron chi connectivity index (χ3n) is 3.78. The van der Waals surface area contributed by atoms with Gasteiger partial charge in [0.25, 0.3) is 0 Å². The van der Waals surface area contributed by atoms with Gasteiger partial charge in [-0.3, -0.25) is 0 Å². The van der Waals surface area contributed by atoms with E-state index in [-0.39, 0.29) is 13.2 Å². The quantitative estimate of drug-likeness (QED) is 0.414. The molecular formula is C21H16BrCl2NO3. The van der Waals surface area contributed by atoms with Crippen LogP contribution in [0.3, 0.4) is 0 Å². The number of ether oxygens (including phenoxy) is 2. The maximum atomic E-state index is 12.0. The van der Waals surface area contributed by atoms with E-state index >= 15 is 0 Å². The first-order chi connectivity index (χ1) is 13.5. The molecule has 0 saturated carbocycles. The first-order valence-corrected chi connectivity index (χ1v) is 9.92. The number of nitrogens with one attached hydrogen (secondary N) is 1. The van der Waals surface area contributed by atoms with Gasteiger partial charge >= 0.3 is 6.09 Å². The van der Waals surface area contributed by atoms with Crippen LogP contribution >= 0.6 is 39.1 Å². The number of amides is 1. The summed E-state index contributed by atoms with van der Waals surface area (Å²) in [6, 6.07) is 20.0. The van der Waals surface area contributed by atoms with Crippen LogP contribution in [0.4, 0.5) is 4.79 Å². The lowest BCUT2D eigenvalue weighted by Crippen LogP contribution is -2.23. The Bertz CT molecular complexity index is 967. The lowest BCUT2D eigenvalue weighted by atomic mass is 10.2. The van der Waals surface area contributed by atoms with Crippen molar-refractivity contribution in [2.45, 2.75) is 13.2 Å². The summed E-state index contributed by atoms with van der Waals surface area (Å²) in [4.78, 5) is 12.0. The van der Waals surface area contributed by atoms with Crippen LogP contribution in [0.1, 0.15) is 11.1 Å². The minimum atomic E-state index is -0.507. The van der Waals surface area contributed by atoms with Crippen LogP contribution in [-0.4, -0.2) is 6.09 Å². The topological polar surface area (TPSA) is 47.6 Å². The van der Waals surface area contributed by atoms with Crippen LogP contribution in [0, 0.1) is 0 Å². The number of alkyl carbamates (subject to hydrolysis) is 1. The molecule has 0 unspecified atom stereocenters. The van der Waals surface area contributed by atoms with Crippen molar-refractivity contribution in [1.29, 1.82) is 0 Å². The highest BCUT2D eigenvalue weighted by molar-refractivity contribution is 9.10. The van der Waals surface area contributed by atoms with E-state index in [2.05, 4.69) is 21.2 Å². The molecule has 7 heteroatoms. The predicted molar refractivity (Wildman–Crippen MR) is 114 cm³/mol. The van der Waals surface area contributed by atoms with Gasteiger partial charge in [-0.1, -0.05) is 75.5 Å². The molecule has 0 aromatic heterocycles. The minimum Gasteiger partial charge on any atom is -0.457 e. The Hall–Kier alpha value is -2.21. The lowest BCUT2D eigenvalue weighted by molar-refractivity contribution is 0.139. The van der Waals surface area contributed by atoms with Crippen molar-refractivity contribution in [3.8, 4) is 11.5 Å². The van der Waals surface area contributed by atoms with Gasteiger partial charge in [0.15, 0.2) is 0 Å². The normalized spacial score (nSPS) is 10.4. The first kappa shape index (κ1) is 20.5. The van der Waals surface area contributed by atoms with Gasteiger partial charge in [-0.05, 0) is 29.8 Å². The number of carbonyl (C=O) groups excluding carboxylic acids is 1. The van der Waals surface area contributed by atoms with Crippen LogP contribution in [0.25, 0.3) is 0 Å². The molecule has 0 heterocycles. The molecule has 0 radical (unpaired) electrons. The zero-order valence-corrected chi connectivity index (χ0v) is 17.7. The fourth-order valence-corrected chi connectivity index (χ4v) is 3.01.